The monoisotopic (exact) mass is 624 g/mol. The van der Waals surface area contributed by atoms with Gasteiger partial charge in [0.25, 0.3) is 5.91 Å². The first-order chi connectivity index (χ1) is 22.1. The van der Waals surface area contributed by atoms with Gasteiger partial charge in [-0.2, -0.15) is 10.2 Å². The lowest BCUT2D eigenvalue weighted by Gasteiger charge is -2.42. The molecule has 2 saturated heterocycles. The molecule has 2 N–H and O–H groups in total. The summed E-state index contributed by atoms with van der Waals surface area (Å²) in [5.41, 5.74) is 7.29. The smallest absolute Gasteiger partial charge is 0.308 e. The quantitative estimate of drug-likeness (QED) is 0.187. The number of hydrogen-bond acceptors (Lipinski definition) is 8. The fraction of sp³-hybridized carbons (Fsp3) is 0.382. The summed E-state index contributed by atoms with van der Waals surface area (Å²) in [6.45, 7) is 8.63. The first kappa shape index (κ1) is 31.1. The molecule has 0 saturated carbocycles. The van der Waals surface area contributed by atoms with Gasteiger partial charge in [-0.25, -0.2) is 13.5 Å². The predicted octanol–water partition coefficient (Wildman–Crippen LogP) is 3.86. The molecule has 1 atom stereocenters. The summed E-state index contributed by atoms with van der Waals surface area (Å²) in [6.07, 6.45) is 6.46. The Labute approximate surface area is 267 Å². The van der Waals surface area contributed by atoms with Crippen LogP contribution in [0.5, 0.6) is 11.5 Å². The number of fused-ring (bicyclic) bond motifs is 1. The van der Waals surface area contributed by atoms with Crippen molar-refractivity contribution in [1.29, 1.82) is 5.26 Å². The van der Waals surface area contributed by atoms with E-state index in [0.29, 0.717) is 35.8 Å². The molecule has 2 aliphatic rings. The van der Waals surface area contributed by atoms with Crippen molar-refractivity contribution in [3.8, 4) is 23.3 Å². The molecule has 11 nitrogen and oxygen atoms in total. The number of halogens is 1. The molecule has 0 spiro atoms. The van der Waals surface area contributed by atoms with E-state index in [4.69, 9.17) is 10.5 Å². The Morgan fingerprint density at radius 3 is 2.59 bits per heavy atom. The van der Waals surface area contributed by atoms with Crippen molar-refractivity contribution in [3.05, 3.63) is 78.7 Å². The number of imidazole rings is 1. The summed E-state index contributed by atoms with van der Waals surface area (Å²) in [4.78, 5) is 28.8. The molecule has 4 aromatic rings. The standard InChI is InChI=1S/C34H39FN9O2/c1-34(2,42-16-14-40(3)15-17-42)19-24(20-36)33(45)41-13-7-8-25(21-41)43-23-44(30-31(37)38-22-39-32(30)43)29-12-11-27(18-28(29)35)46-26-9-5-4-6-10-26/h4-6,9-12,18-19,22-23,25H,7-8,13-17,21H2,1-3H3,(H2,37,38,39)/q+1. The van der Waals surface area contributed by atoms with E-state index in [-0.39, 0.29) is 29.0 Å². The maximum absolute atomic E-state index is 15.6. The number of nitrogens with zero attached hydrogens (tertiary/aromatic N) is 8. The zero-order valence-electron chi connectivity index (χ0n) is 26.4. The number of aromatic nitrogens is 4. The number of nitrogen functional groups attached to an aromatic ring is 1. The molecule has 12 heteroatoms. The van der Waals surface area contributed by atoms with Gasteiger partial charge in [-0.05, 0) is 64.1 Å². The Balaban J connectivity index is 1.27. The van der Waals surface area contributed by atoms with Gasteiger partial charge in [0.1, 0.15) is 28.8 Å². The number of piperazine rings is 1. The average molecular weight is 625 g/mol. The third-order valence-corrected chi connectivity index (χ3v) is 8.96. The second-order valence-electron chi connectivity index (χ2n) is 12.5. The van der Waals surface area contributed by atoms with Crippen LogP contribution in [-0.4, -0.2) is 87.0 Å². The van der Waals surface area contributed by atoms with Crippen LogP contribution in [-0.2, 0) is 4.79 Å². The van der Waals surface area contributed by atoms with Gasteiger partial charge in [-0.15, -0.1) is 0 Å². The van der Waals surface area contributed by atoms with Crippen LogP contribution in [0.1, 0.15) is 32.7 Å². The summed E-state index contributed by atoms with van der Waals surface area (Å²) >= 11 is 0. The van der Waals surface area contributed by atoms with Crippen LogP contribution in [0.25, 0.3) is 16.9 Å². The van der Waals surface area contributed by atoms with E-state index in [9.17, 15) is 10.1 Å². The van der Waals surface area contributed by atoms with E-state index in [1.165, 1.54) is 12.4 Å². The maximum Gasteiger partial charge on any atom is 0.308 e. The van der Waals surface area contributed by atoms with Gasteiger partial charge >= 0.3 is 5.65 Å². The minimum Gasteiger partial charge on any atom is -0.457 e. The van der Waals surface area contributed by atoms with Gasteiger partial charge in [0, 0.05) is 44.3 Å². The molecule has 0 aliphatic carbocycles. The summed E-state index contributed by atoms with van der Waals surface area (Å²) in [5.74, 6) is 0.378. The lowest BCUT2D eigenvalue weighted by atomic mass is 9.96. The highest BCUT2D eigenvalue weighted by Crippen LogP contribution is 2.29. The van der Waals surface area contributed by atoms with Gasteiger partial charge in [-0.3, -0.25) is 9.69 Å². The molecule has 238 valence electrons. The van der Waals surface area contributed by atoms with E-state index in [1.54, 1.807) is 40.1 Å². The van der Waals surface area contributed by atoms with Gasteiger partial charge in [-0.1, -0.05) is 23.2 Å². The van der Waals surface area contributed by atoms with E-state index in [2.05, 4.69) is 46.7 Å². The number of ether oxygens (including phenoxy) is 1. The summed E-state index contributed by atoms with van der Waals surface area (Å²) in [6, 6.07) is 15.8. The molecule has 0 bridgehead atoms. The first-order valence-electron chi connectivity index (χ1n) is 15.6. The van der Waals surface area contributed by atoms with Crippen molar-refractivity contribution < 1.29 is 18.5 Å². The molecule has 4 heterocycles. The van der Waals surface area contributed by atoms with E-state index < -0.39 is 11.4 Å². The number of benzene rings is 2. The molecule has 1 amide bonds. The number of amides is 1. The number of carbonyl (C=O) groups is 1. The fourth-order valence-electron chi connectivity index (χ4n) is 6.37. The third-order valence-electron chi connectivity index (χ3n) is 8.96. The predicted molar refractivity (Wildman–Crippen MR) is 172 cm³/mol. The topological polar surface area (TPSA) is 120 Å². The highest BCUT2D eigenvalue weighted by Gasteiger charge is 2.35. The van der Waals surface area contributed by atoms with Crippen molar-refractivity contribution in [2.24, 2.45) is 0 Å². The van der Waals surface area contributed by atoms with Gasteiger partial charge in [0.2, 0.25) is 5.52 Å². The van der Waals surface area contributed by atoms with Gasteiger partial charge in [0.05, 0.1) is 12.6 Å². The maximum atomic E-state index is 15.6. The lowest BCUT2D eigenvalue weighted by molar-refractivity contribution is -0.702. The fourth-order valence-corrected chi connectivity index (χ4v) is 6.37. The van der Waals surface area contributed by atoms with E-state index in [0.717, 1.165) is 39.0 Å². The molecule has 2 fully saturated rings. The number of anilines is 1. The van der Waals surface area contributed by atoms with Crippen molar-refractivity contribution in [2.45, 2.75) is 38.3 Å². The largest absolute Gasteiger partial charge is 0.457 e. The molecule has 2 aliphatic heterocycles. The SMILES string of the molecule is CN1CCN(C(C)(C)C=C(C#N)C(=O)N2CCCC([n+]3cn(-c4ccc(Oc5ccccc5)cc4F)c4c(N)ncnc43)C2)CC1. The van der Waals surface area contributed by atoms with Crippen LogP contribution in [0.4, 0.5) is 10.2 Å². The van der Waals surface area contributed by atoms with Crippen molar-refractivity contribution in [3.63, 3.8) is 0 Å². The normalized spacial score (nSPS) is 18.5. The van der Waals surface area contributed by atoms with Gasteiger partial charge in [0.15, 0.2) is 24.3 Å². The highest BCUT2D eigenvalue weighted by molar-refractivity contribution is 5.97. The average Bonchev–Trinajstić information content (AvgIpc) is 3.45. The molecule has 2 aromatic heterocycles. The van der Waals surface area contributed by atoms with Crippen LogP contribution in [0.3, 0.4) is 0 Å². The van der Waals surface area contributed by atoms with E-state index in [1.807, 2.05) is 28.8 Å². The van der Waals surface area contributed by atoms with Crippen molar-refractivity contribution in [1.82, 2.24) is 29.2 Å². The Morgan fingerprint density at radius 1 is 1.11 bits per heavy atom. The van der Waals surface area contributed by atoms with Crippen LogP contribution in [0, 0.1) is 17.1 Å². The second kappa shape index (κ2) is 12.9. The number of nitrogens with two attached hydrogens (primary N) is 1. The number of nitriles is 1. The number of hydrogen-bond donors (Lipinski definition) is 1. The second-order valence-corrected chi connectivity index (χ2v) is 12.5. The zero-order chi connectivity index (χ0) is 32.4. The Bertz CT molecular complexity index is 1810. The van der Waals surface area contributed by atoms with Crippen LogP contribution >= 0.6 is 0 Å². The molecule has 2 aromatic carbocycles. The van der Waals surface area contributed by atoms with Crippen molar-refractivity contribution >= 4 is 22.9 Å². The lowest BCUT2D eigenvalue weighted by Crippen LogP contribution is -2.53. The van der Waals surface area contributed by atoms with E-state index >= 15 is 4.39 Å². The molecule has 46 heavy (non-hydrogen) atoms. The molecule has 0 radical (unpaired) electrons. The van der Waals surface area contributed by atoms with Gasteiger partial charge < -0.3 is 20.3 Å². The first-order valence-corrected chi connectivity index (χ1v) is 15.6. The number of piperidine rings is 1. The van der Waals surface area contributed by atoms with Crippen LogP contribution < -0.4 is 15.0 Å². The Hall–Kier alpha value is -4.86. The molecule has 1 unspecified atom stereocenters. The number of rotatable bonds is 7. The van der Waals surface area contributed by atoms with Crippen molar-refractivity contribution in [2.75, 3.05) is 52.0 Å². The molecule has 6 rings (SSSR count). The summed E-state index contributed by atoms with van der Waals surface area (Å²) in [7, 11) is 2.10. The number of likely N-dealkylation sites (N-methyl/N-ethyl adjacent to an activating group) is 1. The Kier molecular flexibility index (Phi) is 8.71. The number of para-hydroxylation sites is 1. The molecular weight excluding hydrogens is 585 g/mol. The minimum absolute atomic E-state index is 0.142. The highest BCUT2D eigenvalue weighted by atomic mass is 19.1. The van der Waals surface area contributed by atoms with Crippen LogP contribution in [0.15, 0.2) is 72.8 Å². The summed E-state index contributed by atoms with van der Waals surface area (Å²) < 4.78 is 25.0. The number of carbonyl (C=O) groups excluding carboxylic acids is 1. The third kappa shape index (κ3) is 6.29. The van der Waals surface area contributed by atoms with Crippen LogP contribution in [0.2, 0.25) is 0 Å². The molecular formula is C34H39FN9O2+. The zero-order valence-corrected chi connectivity index (χ0v) is 26.4. The summed E-state index contributed by atoms with van der Waals surface area (Å²) in [5, 5.41) is 10.1. The Morgan fingerprint density at radius 2 is 1.87 bits per heavy atom. The minimum atomic E-state index is -0.507. The number of likely N-dealkylation sites (tertiary alicyclic amines) is 1.